The van der Waals surface area contributed by atoms with Crippen molar-refractivity contribution in [2.75, 3.05) is 0 Å². The predicted octanol–water partition coefficient (Wildman–Crippen LogP) is 2.58. The van der Waals surface area contributed by atoms with Gasteiger partial charge in [-0.3, -0.25) is 13.7 Å². The number of aromatic amines is 1. The highest BCUT2D eigenvalue weighted by atomic mass is 31.2. The summed E-state index contributed by atoms with van der Waals surface area (Å²) in [5.41, 5.74) is 3.92. The largest absolute Gasteiger partial charge is 0.356 e. The van der Waals surface area contributed by atoms with E-state index in [1.807, 2.05) is 48.5 Å². The summed E-state index contributed by atoms with van der Waals surface area (Å²) in [4.78, 5) is 39.7. The highest BCUT2D eigenvalue weighted by molar-refractivity contribution is 7.60. The zero-order valence-corrected chi connectivity index (χ0v) is 17.2. The van der Waals surface area contributed by atoms with Crippen LogP contribution in [0.2, 0.25) is 0 Å². The molecule has 0 atom stereocenters. The topological polar surface area (TPSA) is 113 Å². The van der Waals surface area contributed by atoms with Crippen molar-refractivity contribution >= 4 is 35.0 Å². The molecule has 0 bridgehead atoms. The molecule has 0 fully saturated rings. The lowest BCUT2D eigenvalue weighted by Gasteiger charge is -2.07. The van der Waals surface area contributed by atoms with Gasteiger partial charge in [-0.15, -0.1) is 0 Å². The number of para-hydroxylation sites is 4. The SMILES string of the molecule is O=c1n(Cc2ccc(P(=O)(O)O)cc2)c2ccccc2n1Cc1nc2ccccc2[nH]1. The maximum Gasteiger partial charge on any atom is 0.356 e. The smallest absolute Gasteiger partial charge is 0.340 e. The predicted molar refractivity (Wildman–Crippen MR) is 119 cm³/mol. The van der Waals surface area contributed by atoms with Crippen LogP contribution in [0.5, 0.6) is 0 Å². The molecular formula is C22H19N4O4P. The molecule has 5 aromatic rings. The lowest BCUT2D eigenvalue weighted by molar-refractivity contribution is 0.387. The average molecular weight is 434 g/mol. The first kappa shape index (κ1) is 19.5. The number of fused-ring (bicyclic) bond motifs is 2. The lowest BCUT2D eigenvalue weighted by atomic mass is 10.2. The maximum absolute atomic E-state index is 13.3. The van der Waals surface area contributed by atoms with Gasteiger partial charge in [-0.2, -0.15) is 0 Å². The first-order valence-corrected chi connectivity index (χ1v) is 11.3. The van der Waals surface area contributed by atoms with Crippen LogP contribution in [-0.4, -0.2) is 28.9 Å². The van der Waals surface area contributed by atoms with Crippen LogP contribution in [0.4, 0.5) is 0 Å². The van der Waals surface area contributed by atoms with Gasteiger partial charge >= 0.3 is 13.3 Å². The number of nitrogens with one attached hydrogen (secondary N) is 1. The number of aromatic nitrogens is 4. The Balaban J connectivity index is 1.54. The van der Waals surface area contributed by atoms with Gasteiger partial charge in [-0.1, -0.05) is 36.4 Å². The minimum absolute atomic E-state index is 0.0455. The average Bonchev–Trinajstić information content (AvgIpc) is 3.28. The normalized spacial score (nSPS) is 12.1. The van der Waals surface area contributed by atoms with Gasteiger partial charge in [0.15, 0.2) is 0 Å². The van der Waals surface area contributed by atoms with Crippen molar-refractivity contribution in [3.63, 3.8) is 0 Å². The molecule has 3 N–H and O–H groups in total. The van der Waals surface area contributed by atoms with Crippen LogP contribution >= 0.6 is 7.60 Å². The molecular weight excluding hydrogens is 415 g/mol. The van der Waals surface area contributed by atoms with Crippen LogP contribution in [0, 0.1) is 0 Å². The molecule has 0 aliphatic carbocycles. The Morgan fingerprint density at radius 3 is 2.10 bits per heavy atom. The summed E-state index contributed by atoms with van der Waals surface area (Å²) in [6.07, 6.45) is 0. The fraction of sp³-hybridized carbons (Fsp3) is 0.0909. The first-order valence-electron chi connectivity index (χ1n) is 9.67. The van der Waals surface area contributed by atoms with E-state index in [9.17, 15) is 19.1 Å². The van der Waals surface area contributed by atoms with Crippen molar-refractivity contribution in [3.05, 3.63) is 94.7 Å². The third-order valence-electron chi connectivity index (χ3n) is 5.28. The lowest BCUT2D eigenvalue weighted by Crippen LogP contribution is -2.25. The molecule has 0 saturated heterocycles. The fourth-order valence-electron chi connectivity index (χ4n) is 3.79. The molecule has 2 aromatic heterocycles. The first-order chi connectivity index (χ1) is 14.9. The van der Waals surface area contributed by atoms with Crippen molar-refractivity contribution in [2.45, 2.75) is 13.1 Å². The number of hydrogen-bond donors (Lipinski definition) is 3. The molecule has 0 unspecified atom stereocenters. The van der Waals surface area contributed by atoms with Crippen LogP contribution in [0.1, 0.15) is 11.4 Å². The number of hydrogen-bond acceptors (Lipinski definition) is 3. The monoisotopic (exact) mass is 434 g/mol. The second kappa shape index (κ2) is 7.35. The Hall–Kier alpha value is -3.45. The minimum Gasteiger partial charge on any atom is -0.340 e. The standard InChI is InChI=1S/C22H19N4O4P/c27-22-25(13-15-9-11-16(12-10-15)31(28,29)30)19-7-3-4-8-20(19)26(22)14-21-23-17-5-1-2-6-18(17)24-21/h1-12H,13-14H2,(H,23,24)(H2,28,29,30). The molecule has 2 heterocycles. The molecule has 0 aliphatic heterocycles. The number of imidazole rings is 2. The molecule has 156 valence electrons. The van der Waals surface area contributed by atoms with Crippen LogP contribution in [0.3, 0.4) is 0 Å². The van der Waals surface area contributed by atoms with Gasteiger partial charge in [-0.05, 0) is 42.0 Å². The molecule has 9 heteroatoms. The van der Waals surface area contributed by atoms with E-state index in [4.69, 9.17) is 0 Å². The van der Waals surface area contributed by atoms with Crippen molar-refractivity contribution < 1.29 is 14.4 Å². The summed E-state index contributed by atoms with van der Waals surface area (Å²) in [5.74, 6) is 0.692. The van der Waals surface area contributed by atoms with Gasteiger partial charge in [0, 0.05) is 0 Å². The van der Waals surface area contributed by atoms with E-state index in [1.165, 1.54) is 12.1 Å². The van der Waals surface area contributed by atoms with Gasteiger partial charge in [0.1, 0.15) is 5.82 Å². The van der Waals surface area contributed by atoms with Gasteiger partial charge < -0.3 is 14.8 Å². The second-order valence-corrected chi connectivity index (χ2v) is 8.96. The Morgan fingerprint density at radius 2 is 1.45 bits per heavy atom. The van der Waals surface area contributed by atoms with Crippen molar-refractivity contribution in [3.8, 4) is 0 Å². The van der Waals surface area contributed by atoms with Gasteiger partial charge in [0.25, 0.3) is 0 Å². The minimum atomic E-state index is -4.30. The van der Waals surface area contributed by atoms with E-state index in [2.05, 4.69) is 9.97 Å². The third-order valence-corrected chi connectivity index (χ3v) is 6.26. The van der Waals surface area contributed by atoms with E-state index in [-0.39, 0.29) is 17.5 Å². The fourth-order valence-corrected chi connectivity index (χ4v) is 4.32. The highest BCUT2D eigenvalue weighted by Crippen LogP contribution is 2.32. The van der Waals surface area contributed by atoms with E-state index in [1.54, 1.807) is 21.3 Å². The number of rotatable bonds is 5. The summed E-state index contributed by atoms with van der Waals surface area (Å²) >= 11 is 0. The van der Waals surface area contributed by atoms with Gasteiger partial charge in [-0.25, -0.2) is 9.78 Å². The van der Waals surface area contributed by atoms with E-state index in [0.717, 1.165) is 27.6 Å². The zero-order chi connectivity index (χ0) is 21.6. The Bertz CT molecular complexity index is 1480. The van der Waals surface area contributed by atoms with E-state index < -0.39 is 7.60 Å². The molecule has 31 heavy (non-hydrogen) atoms. The van der Waals surface area contributed by atoms with Crippen LogP contribution in [0.15, 0.2) is 77.6 Å². The van der Waals surface area contributed by atoms with Crippen LogP contribution < -0.4 is 11.0 Å². The third kappa shape index (κ3) is 3.61. The summed E-state index contributed by atoms with van der Waals surface area (Å²) < 4.78 is 14.7. The van der Waals surface area contributed by atoms with Crippen LogP contribution in [-0.2, 0) is 17.7 Å². The number of benzene rings is 3. The Morgan fingerprint density at radius 1 is 0.839 bits per heavy atom. The Kier molecular flexibility index (Phi) is 4.63. The number of nitrogens with zero attached hydrogens (tertiary/aromatic N) is 3. The number of H-pyrrole nitrogens is 1. The van der Waals surface area contributed by atoms with Crippen LogP contribution in [0.25, 0.3) is 22.1 Å². The molecule has 0 amide bonds. The summed E-state index contributed by atoms with van der Waals surface area (Å²) in [5, 5.41) is -0.0455. The summed E-state index contributed by atoms with van der Waals surface area (Å²) in [6.45, 7) is 0.589. The molecule has 0 aliphatic rings. The molecule has 8 nitrogen and oxygen atoms in total. The Labute approximate surface area is 176 Å². The molecule has 3 aromatic carbocycles. The summed E-state index contributed by atoms with van der Waals surface area (Å²) in [6, 6.07) is 21.3. The van der Waals surface area contributed by atoms with Gasteiger partial charge in [0.2, 0.25) is 0 Å². The van der Waals surface area contributed by atoms with Crippen molar-refractivity contribution in [2.24, 2.45) is 0 Å². The molecule has 0 spiro atoms. The highest BCUT2D eigenvalue weighted by Gasteiger charge is 2.18. The van der Waals surface area contributed by atoms with E-state index in [0.29, 0.717) is 12.4 Å². The molecule has 5 rings (SSSR count). The zero-order valence-electron chi connectivity index (χ0n) is 16.3. The summed E-state index contributed by atoms with van der Waals surface area (Å²) in [7, 11) is -4.30. The van der Waals surface area contributed by atoms with Gasteiger partial charge in [0.05, 0.1) is 40.5 Å². The molecule has 0 saturated carbocycles. The van der Waals surface area contributed by atoms with Crippen molar-refractivity contribution in [1.29, 1.82) is 0 Å². The van der Waals surface area contributed by atoms with Crippen molar-refractivity contribution in [1.82, 2.24) is 19.1 Å². The van der Waals surface area contributed by atoms with E-state index >= 15 is 0 Å². The quantitative estimate of drug-likeness (QED) is 0.368. The second-order valence-electron chi connectivity index (χ2n) is 7.35. The molecule has 0 radical (unpaired) electrons. The maximum atomic E-state index is 13.3.